The Kier molecular flexibility index (Phi) is 3.62. The lowest BCUT2D eigenvalue weighted by Crippen LogP contribution is -2.25. The van der Waals surface area contributed by atoms with Crippen LogP contribution in [-0.2, 0) is 0 Å². The zero-order valence-corrected chi connectivity index (χ0v) is 13.6. The van der Waals surface area contributed by atoms with Crippen LogP contribution in [0.15, 0.2) is 77.2 Å². The van der Waals surface area contributed by atoms with E-state index in [0.717, 1.165) is 35.5 Å². The lowest BCUT2D eigenvalue weighted by atomic mass is 9.85. The van der Waals surface area contributed by atoms with Crippen molar-refractivity contribution in [3.63, 3.8) is 0 Å². The van der Waals surface area contributed by atoms with E-state index in [1.165, 1.54) is 11.1 Å². The average molecular weight is 314 g/mol. The number of pyridine rings is 2. The molecule has 0 atom stereocenters. The molecule has 4 rings (SSSR count). The van der Waals surface area contributed by atoms with Gasteiger partial charge in [-0.25, -0.2) is 0 Å². The fourth-order valence-corrected chi connectivity index (χ4v) is 3.18. The van der Waals surface area contributed by atoms with Gasteiger partial charge in [-0.1, -0.05) is 29.8 Å². The first-order chi connectivity index (χ1) is 11.8. The van der Waals surface area contributed by atoms with E-state index >= 15 is 0 Å². The molecule has 0 spiro atoms. The summed E-state index contributed by atoms with van der Waals surface area (Å²) in [7, 11) is 0. The van der Waals surface area contributed by atoms with Crippen LogP contribution in [0.5, 0.6) is 0 Å². The largest absolute Gasteiger partial charge is 0.275 e. The Labute approximate surface area is 140 Å². The van der Waals surface area contributed by atoms with Gasteiger partial charge in [-0.3, -0.25) is 14.3 Å². The van der Waals surface area contributed by atoms with Crippen LogP contribution < -0.4 is 5.56 Å². The van der Waals surface area contributed by atoms with Crippen LogP contribution in [0.25, 0.3) is 22.6 Å². The third-order valence-corrected chi connectivity index (χ3v) is 4.61. The Morgan fingerprint density at radius 3 is 2.33 bits per heavy atom. The van der Waals surface area contributed by atoms with Crippen molar-refractivity contribution in [1.29, 1.82) is 0 Å². The molecule has 2 heterocycles. The summed E-state index contributed by atoms with van der Waals surface area (Å²) in [5.74, 6) is 0. The number of para-hydroxylation sites is 1. The molecule has 2 aromatic heterocycles. The molecule has 3 heteroatoms. The van der Waals surface area contributed by atoms with E-state index < -0.39 is 0 Å². The minimum atomic E-state index is 0.0263. The average Bonchev–Trinajstić information content (AvgIpc) is 2.63. The normalized spacial score (nSPS) is 13.7. The molecule has 0 unspecified atom stereocenters. The standard InChI is InChI=1S/C21H18N2O/c1-15-10-11-17(15)18-12-13-20(19-9-5-6-14-22-19)23(21(18)24)16-7-3-2-4-8-16/h2-9,12-14H,10-11H2,1H3. The van der Waals surface area contributed by atoms with Crippen molar-refractivity contribution in [2.75, 3.05) is 0 Å². The molecule has 0 saturated carbocycles. The van der Waals surface area contributed by atoms with Gasteiger partial charge in [0.1, 0.15) is 0 Å². The fourth-order valence-electron chi connectivity index (χ4n) is 3.18. The van der Waals surface area contributed by atoms with E-state index in [1.807, 2.05) is 60.7 Å². The highest BCUT2D eigenvalue weighted by molar-refractivity contribution is 5.74. The van der Waals surface area contributed by atoms with E-state index in [9.17, 15) is 4.79 Å². The summed E-state index contributed by atoms with van der Waals surface area (Å²) in [5, 5.41) is 0. The van der Waals surface area contributed by atoms with Gasteiger partial charge in [0.05, 0.1) is 11.4 Å². The summed E-state index contributed by atoms with van der Waals surface area (Å²) in [6, 6.07) is 19.5. The van der Waals surface area contributed by atoms with E-state index in [2.05, 4.69) is 11.9 Å². The van der Waals surface area contributed by atoms with Crippen LogP contribution in [0, 0.1) is 0 Å². The summed E-state index contributed by atoms with van der Waals surface area (Å²) in [5.41, 5.74) is 5.82. The molecule has 1 aliphatic rings. The minimum Gasteiger partial charge on any atom is -0.275 e. The van der Waals surface area contributed by atoms with Crippen molar-refractivity contribution in [3.8, 4) is 17.1 Å². The van der Waals surface area contributed by atoms with Gasteiger partial charge in [-0.15, -0.1) is 0 Å². The Morgan fingerprint density at radius 2 is 1.71 bits per heavy atom. The van der Waals surface area contributed by atoms with Crippen LogP contribution >= 0.6 is 0 Å². The molecule has 0 amide bonds. The van der Waals surface area contributed by atoms with Gasteiger partial charge in [-0.2, -0.15) is 0 Å². The van der Waals surface area contributed by atoms with Crippen LogP contribution in [-0.4, -0.2) is 9.55 Å². The second-order valence-electron chi connectivity index (χ2n) is 6.08. The highest BCUT2D eigenvalue weighted by atomic mass is 16.1. The van der Waals surface area contributed by atoms with Gasteiger partial charge < -0.3 is 0 Å². The van der Waals surface area contributed by atoms with Gasteiger partial charge in [0.25, 0.3) is 5.56 Å². The molecular weight excluding hydrogens is 296 g/mol. The molecule has 0 aliphatic heterocycles. The number of nitrogens with zero attached hydrogens (tertiary/aromatic N) is 2. The van der Waals surface area contributed by atoms with Gasteiger partial charge in [0.15, 0.2) is 0 Å². The molecule has 3 aromatic rings. The molecule has 0 fully saturated rings. The van der Waals surface area contributed by atoms with Crippen molar-refractivity contribution < 1.29 is 0 Å². The SMILES string of the molecule is CC1=C(c2ccc(-c3ccccn3)n(-c3ccccc3)c2=O)CC1. The van der Waals surface area contributed by atoms with Crippen LogP contribution in [0.1, 0.15) is 25.3 Å². The second kappa shape index (κ2) is 5.93. The molecule has 1 aromatic carbocycles. The van der Waals surface area contributed by atoms with Gasteiger partial charge in [0.2, 0.25) is 0 Å². The quantitative estimate of drug-likeness (QED) is 0.715. The lowest BCUT2D eigenvalue weighted by molar-refractivity contribution is 0.887. The highest BCUT2D eigenvalue weighted by Crippen LogP contribution is 2.34. The van der Waals surface area contributed by atoms with Crippen molar-refractivity contribution >= 4 is 5.57 Å². The van der Waals surface area contributed by atoms with Gasteiger partial charge in [-0.05, 0) is 61.7 Å². The predicted octanol–water partition coefficient (Wildman–Crippen LogP) is 4.47. The van der Waals surface area contributed by atoms with Gasteiger partial charge >= 0.3 is 0 Å². The summed E-state index contributed by atoms with van der Waals surface area (Å²) in [6.45, 7) is 2.11. The first kappa shape index (κ1) is 14.6. The minimum absolute atomic E-state index is 0.0263. The summed E-state index contributed by atoms with van der Waals surface area (Å²) < 4.78 is 1.77. The Morgan fingerprint density at radius 1 is 0.917 bits per heavy atom. The van der Waals surface area contributed by atoms with E-state index in [-0.39, 0.29) is 5.56 Å². The Bertz CT molecular complexity index is 970. The van der Waals surface area contributed by atoms with Crippen LogP contribution in [0.2, 0.25) is 0 Å². The topological polar surface area (TPSA) is 34.9 Å². The maximum absolute atomic E-state index is 13.2. The summed E-state index contributed by atoms with van der Waals surface area (Å²) in [4.78, 5) is 17.7. The summed E-state index contributed by atoms with van der Waals surface area (Å²) >= 11 is 0. The number of aromatic nitrogens is 2. The molecular formula is C21H18N2O. The molecule has 24 heavy (non-hydrogen) atoms. The monoisotopic (exact) mass is 314 g/mol. The van der Waals surface area contributed by atoms with Crippen molar-refractivity contribution in [3.05, 3.63) is 88.4 Å². The number of allylic oxidation sites excluding steroid dienone is 2. The molecule has 0 bridgehead atoms. The molecule has 3 nitrogen and oxygen atoms in total. The first-order valence-corrected chi connectivity index (χ1v) is 8.17. The molecule has 0 saturated heterocycles. The first-order valence-electron chi connectivity index (χ1n) is 8.17. The Balaban J connectivity index is 2.01. The van der Waals surface area contributed by atoms with E-state index in [4.69, 9.17) is 0 Å². The fraction of sp³-hybridized carbons (Fsp3) is 0.143. The zero-order valence-electron chi connectivity index (χ0n) is 13.6. The Hall–Kier alpha value is -2.94. The van der Waals surface area contributed by atoms with Crippen molar-refractivity contribution in [2.45, 2.75) is 19.8 Å². The maximum atomic E-state index is 13.2. The third-order valence-electron chi connectivity index (χ3n) is 4.61. The van der Waals surface area contributed by atoms with E-state index in [0.29, 0.717) is 0 Å². The summed E-state index contributed by atoms with van der Waals surface area (Å²) in [6.07, 6.45) is 3.82. The molecule has 1 aliphatic carbocycles. The van der Waals surface area contributed by atoms with Crippen LogP contribution in [0.3, 0.4) is 0 Å². The number of benzene rings is 1. The predicted molar refractivity (Wildman–Crippen MR) is 97.1 cm³/mol. The van der Waals surface area contributed by atoms with Gasteiger partial charge in [0, 0.05) is 17.4 Å². The highest BCUT2D eigenvalue weighted by Gasteiger charge is 2.20. The smallest absolute Gasteiger partial charge is 0.263 e. The second-order valence-corrected chi connectivity index (χ2v) is 6.08. The molecule has 0 radical (unpaired) electrons. The lowest BCUT2D eigenvalue weighted by Gasteiger charge is -2.22. The number of hydrogen-bond acceptors (Lipinski definition) is 2. The number of rotatable bonds is 3. The third kappa shape index (κ3) is 2.38. The van der Waals surface area contributed by atoms with Crippen molar-refractivity contribution in [2.24, 2.45) is 0 Å². The van der Waals surface area contributed by atoms with Crippen LogP contribution in [0.4, 0.5) is 0 Å². The molecule has 118 valence electrons. The number of hydrogen-bond donors (Lipinski definition) is 0. The molecule has 0 N–H and O–H groups in total. The van der Waals surface area contributed by atoms with Crippen molar-refractivity contribution in [1.82, 2.24) is 9.55 Å². The van der Waals surface area contributed by atoms with E-state index in [1.54, 1.807) is 10.8 Å². The zero-order chi connectivity index (χ0) is 16.5. The maximum Gasteiger partial charge on any atom is 0.263 e.